The summed E-state index contributed by atoms with van der Waals surface area (Å²) >= 11 is 0. The van der Waals surface area contributed by atoms with Crippen LogP contribution in [0.15, 0.2) is 78.9 Å². The molecular formula is C27H24N2O3. The Hall–Kier alpha value is -3.86. The molecule has 1 aliphatic heterocycles. The standard InChI is InChI=1S/C27H24N2O3/c1-27(2)23-14-13-22(15-25(23)29-26(27)30)31-16-18-7-11-21(12-8-18)32-17-20-10-9-19-5-3-4-6-24(19)28-20/h3-15H,16-17H2,1-2H3,(H,29,30). The largest absolute Gasteiger partial charge is 0.489 e. The third-order valence-corrected chi connectivity index (χ3v) is 5.85. The summed E-state index contributed by atoms with van der Waals surface area (Å²) in [5, 5.41) is 4.05. The first-order valence-electron chi connectivity index (χ1n) is 10.6. The van der Waals surface area contributed by atoms with Crippen molar-refractivity contribution in [1.82, 2.24) is 4.98 Å². The summed E-state index contributed by atoms with van der Waals surface area (Å²) in [5.74, 6) is 1.52. The molecule has 3 aromatic carbocycles. The molecule has 0 aliphatic carbocycles. The normalized spacial score (nSPS) is 14.1. The minimum absolute atomic E-state index is 0.0131. The molecule has 160 valence electrons. The van der Waals surface area contributed by atoms with Crippen LogP contribution < -0.4 is 14.8 Å². The number of benzene rings is 3. The zero-order valence-corrected chi connectivity index (χ0v) is 18.1. The Morgan fingerprint density at radius 3 is 2.44 bits per heavy atom. The van der Waals surface area contributed by atoms with Gasteiger partial charge in [0, 0.05) is 17.1 Å². The van der Waals surface area contributed by atoms with Gasteiger partial charge in [-0.15, -0.1) is 0 Å². The van der Waals surface area contributed by atoms with E-state index in [9.17, 15) is 4.79 Å². The number of rotatable bonds is 6. The van der Waals surface area contributed by atoms with Crippen LogP contribution in [0.3, 0.4) is 0 Å². The first kappa shape index (κ1) is 20.1. The van der Waals surface area contributed by atoms with Gasteiger partial charge in [-0.2, -0.15) is 0 Å². The Labute approximate surface area is 187 Å². The Balaban J connectivity index is 1.18. The molecule has 5 heteroatoms. The molecule has 1 aromatic heterocycles. The van der Waals surface area contributed by atoms with Gasteiger partial charge in [-0.25, -0.2) is 4.98 Å². The minimum Gasteiger partial charge on any atom is -0.489 e. The number of nitrogens with zero attached hydrogens (tertiary/aromatic N) is 1. The number of hydrogen-bond donors (Lipinski definition) is 1. The molecule has 0 unspecified atom stereocenters. The number of nitrogens with one attached hydrogen (secondary N) is 1. The number of hydrogen-bond acceptors (Lipinski definition) is 4. The first-order chi connectivity index (χ1) is 15.5. The van der Waals surface area contributed by atoms with Crippen molar-refractivity contribution in [3.05, 3.63) is 95.7 Å². The van der Waals surface area contributed by atoms with E-state index in [1.165, 1.54) is 0 Å². The fourth-order valence-electron chi connectivity index (χ4n) is 3.86. The third kappa shape index (κ3) is 3.89. The van der Waals surface area contributed by atoms with E-state index in [2.05, 4.69) is 16.4 Å². The number of anilines is 1. The summed E-state index contributed by atoms with van der Waals surface area (Å²) in [6.45, 7) is 4.70. The number of fused-ring (bicyclic) bond motifs is 2. The van der Waals surface area contributed by atoms with E-state index < -0.39 is 5.41 Å². The van der Waals surface area contributed by atoms with Gasteiger partial charge in [-0.3, -0.25) is 4.79 Å². The highest BCUT2D eigenvalue weighted by molar-refractivity contribution is 6.05. The zero-order chi connectivity index (χ0) is 22.1. The second-order valence-electron chi connectivity index (χ2n) is 8.50. The van der Waals surface area contributed by atoms with Crippen molar-refractivity contribution < 1.29 is 14.3 Å². The van der Waals surface area contributed by atoms with Crippen LogP contribution in [0.2, 0.25) is 0 Å². The van der Waals surface area contributed by atoms with Gasteiger partial charge < -0.3 is 14.8 Å². The molecular weight excluding hydrogens is 400 g/mol. The summed E-state index contributed by atoms with van der Waals surface area (Å²) in [6.07, 6.45) is 0. The SMILES string of the molecule is CC1(C)C(=O)Nc2cc(OCc3ccc(OCc4ccc5ccccc5n4)cc3)ccc21. The summed E-state index contributed by atoms with van der Waals surface area (Å²) in [4.78, 5) is 16.7. The second-order valence-corrected chi connectivity index (χ2v) is 8.50. The highest BCUT2D eigenvalue weighted by Crippen LogP contribution is 2.39. The molecule has 0 bridgehead atoms. The van der Waals surface area contributed by atoms with Crippen molar-refractivity contribution in [3.63, 3.8) is 0 Å². The Bertz CT molecular complexity index is 1300. The van der Waals surface area contributed by atoms with Crippen LogP contribution >= 0.6 is 0 Å². The summed E-state index contributed by atoms with van der Waals surface area (Å²) in [6, 6.07) is 25.7. The number of ether oxygens (including phenoxy) is 2. The summed E-state index contributed by atoms with van der Waals surface area (Å²) in [7, 11) is 0. The van der Waals surface area contributed by atoms with Crippen LogP contribution in [0.1, 0.15) is 30.7 Å². The zero-order valence-electron chi connectivity index (χ0n) is 18.1. The highest BCUT2D eigenvalue weighted by atomic mass is 16.5. The van der Waals surface area contributed by atoms with Crippen LogP contribution in [0.25, 0.3) is 10.9 Å². The lowest BCUT2D eigenvalue weighted by atomic mass is 9.86. The van der Waals surface area contributed by atoms with Gasteiger partial charge >= 0.3 is 0 Å². The van der Waals surface area contributed by atoms with E-state index >= 15 is 0 Å². The quantitative estimate of drug-likeness (QED) is 0.436. The lowest BCUT2D eigenvalue weighted by Crippen LogP contribution is -2.26. The maximum atomic E-state index is 12.1. The van der Waals surface area contributed by atoms with Crippen LogP contribution in [0.5, 0.6) is 11.5 Å². The molecule has 0 radical (unpaired) electrons. The maximum Gasteiger partial charge on any atom is 0.234 e. The van der Waals surface area contributed by atoms with Crippen molar-refractivity contribution in [2.75, 3.05) is 5.32 Å². The van der Waals surface area contributed by atoms with Gasteiger partial charge in [0.25, 0.3) is 0 Å². The van der Waals surface area contributed by atoms with Gasteiger partial charge in [0.05, 0.1) is 16.6 Å². The smallest absolute Gasteiger partial charge is 0.234 e. The highest BCUT2D eigenvalue weighted by Gasteiger charge is 2.38. The average molecular weight is 425 g/mol. The molecule has 0 spiro atoms. The van der Waals surface area contributed by atoms with Crippen molar-refractivity contribution in [2.24, 2.45) is 0 Å². The van der Waals surface area contributed by atoms with E-state index in [4.69, 9.17) is 9.47 Å². The number of amides is 1. The van der Waals surface area contributed by atoms with Crippen LogP contribution in [0.4, 0.5) is 5.69 Å². The third-order valence-electron chi connectivity index (χ3n) is 5.85. The van der Waals surface area contributed by atoms with E-state index in [-0.39, 0.29) is 5.91 Å². The van der Waals surface area contributed by atoms with Gasteiger partial charge in [0.2, 0.25) is 5.91 Å². The van der Waals surface area contributed by atoms with E-state index in [0.29, 0.717) is 13.2 Å². The number of aromatic nitrogens is 1. The lowest BCUT2D eigenvalue weighted by Gasteiger charge is -2.15. The van der Waals surface area contributed by atoms with Crippen molar-refractivity contribution >= 4 is 22.5 Å². The molecule has 4 aromatic rings. The molecule has 0 saturated heterocycles. The Morgan fingerprint density at radius 1 is 0.844 bits per heavy atom. The summed E-state index contributed by atoms with van der Waals surface area (Å²) < 4.78 is 11.8. The second kappa shape index (κ2) is 8.00. The van der Waals surface area contributed by atoms with Crippen molar-refractivity contribution in [3.8, 4) is 11.5 Å². The minimum atomic E-state index is -0.508. The molecule has 5 nitrogen and oxygen atoms in total. The molecule has 1 amide bonds. The monoisotopic (exact) mass is 424 g/mol. The molecule has 5 rings (SSSR count). The van der Waals surface area contributed by atoms with E-state index in [0.717, 1.165) is 44.9 Å². The van der Waals surface area contributed by atoms with Crippen molar-refractivity contribution in [1.29, 1.82) is 0 Å². The fraction of sp³-hybridized carbons (Fsp3) is 0.185. The Kier molecular flexibility index (Phi) is 5.02. The van der Waals surface area contributed by atoms with Gasteiger partial charge in [-0.1, -0.05) is 42.5 Å². The average Bonchev–Trinajstić information content (AvgIpc) is 3.04. The molecule has 0 saturated carbocycles. The van der Waals surface area contributed by atoms with Gasteiger partial charge in [0.1, 0.15) is 24.7 Å². The van der Waals surface area contributed by atoms with E-state index in [1.807, 2.05) is 86.6 Å². The van der Waals surface area contributed by atoms with Gasteiger partial charge in [-0.05, 0) is 55.3 Å². The first-order valence-corrected chi connectivity index (χ1v) is 10.6. The Morgan fingerprint density at radius 2 is 1.59 bits per heavy atom. The number of carbonyl (C=O) groups excluding carboxylic acids is 1. The molecule has 1 N–H and O–H groups in total. The predicted octanol–water partition coefficient (Wildman–Crippen LogP) is 5.62. The molecule has 2 heterocycles. The number of para-hydroxylation sites is 1. The topological polar surface area (TPSA) is 60.5 Å². The van der Waals surface area contributed by atoms with Crippen LogP contribution in [0, 0.1) is 0 Å². The molecule has 0 atom stereocenters. The number of carbonyl (C=O) groups is 1. The van der Waals surface area contributed by atoms with Crippen molar-refractivity contribution in [2.45, 2.75) is 32.5 Å². The fourth-order valence-corrected chi connectivity index (χ4v) is 3.86. The lowest BCUT2D eigenvalue weighted by molar-refractivity contribution is -0.119. The molecule has 1 aliphatic rings. The van der Waals surface area contributed by atoms with Crippen LogP contribution in [-0.2, 0) is 23.4 Å². The number of pyridine rings is 1. The van der Waals surface area contributed by atoms with Crippen LogP contribution in [-0.4, -0.2) is 10.9 Å². The maximum absolute atomic E-state index is 12.1. The van der Waals surface area contributed by atoms with Gasteiger partial charge in [0.15, 0.2) is 0 Å². The van der Waals surface area contributed by atoms with E-state index in [1.54, 1.807) is 0 Å². The molecule has 32 heavy (non-hydrogen) atoms. The summed E-state index contributed by atoms with van der Waals surface area (Å²) in [5.41, 5.74) is 4.21. The predicted molar refractivity (Wildman–Crippen MR) is 125 cm³/mol. The molecule has 0 fully saturated rings.